The Kier molecular flexibility index (Phi) is 6.34. The second kappa shape index (κ2) is 7.43. The van der Waals surface area contributed by atoms with Gasteiger partial charge < -0.3 is 29.5 Å². The van der Waals surface area contributed by atoms with Gasteiger partial charge in [0, 0.05) is 5.57 Å². The Balaban J connectivity index is 0.00000264. The Hall–Kier alpha value is -1.42. The average molecular weight is 334 g/mol. The van der Waals surface area contributed by atoms with Crippen LogP contribution < -0.4 is 34.7 Å². The molecule has 2 rings (SSSR count). The zero-order valence-electron chi connectivity index (χ0n) is 13.2. The number of amides is 1. The molecule has 0 bridgehead atoms. The van der Waals surface area contributed by atoms with E-state index in [1.54, 1.807) is 0 Å². The van der Waals surface area contributed by atoms with Crippen LogP contribution in [-0.2, 0) is 24.0 Å². The van der Waals surface area contributed by atoms with E-state index in [1.165, 1.54) is 14.0 Å². The van der Waals surface area contributed by atoms with Gasteiger partial charge in [0.05, 0.1) is 36.8 Å². The summed E-state index contributed by atoms with van der Waals surface area (Å²) in [6.45, 7) is 1.45. The standard InChI is InChI=1S/C13H16N2O7.Na/c1-5(16)8-7-4-6(9(14-22-3)13(20)21-2)10(12(18)19)15(7)11(8)17;/h5,7-8,16H,4H2,1-3H3,(H,18,19);/q;+1/p-1/b14-9+;/t5-,7-,8-;/m1./s1. The first-order valence-electron chi connectivity index (χ1n) is 6.50. The SMILES string of the molecule is CO/N=C(/C(=O)OC)C1=C(C(=O)[O-])N2C(=O)[C@H]([C@@H](C)O)[C@H]2C1.[Na+]. The van der Waals surface area contributed by atoms with E-state index in [1.807, 2.05) is 0 Å². The molecule has 10 heteroatoms. The molecule has 0 saturated carbocycles. The number of nitrogens with zero attached hydrogens (tertiary/aromatic N) is 2. The third-order valence-electron chi connectivity index (χ3n) is 3.77. The van der Waals surface area contributed by atoms with Crippen molar-refractivity contribution in [3.63, 3.8) is 0 Å². The number of hydrogen-bond donors (Lipinski definition) is 1. The van der Waals surface area contributed by atoms with Gasteiger partial charge in [-0.15, -0.1) is 0 Å². The first-order valence-corrected chi connectivity index (χ1v) is 6.50. The van der Waals surface area contributed by atoms with Crippen LogP contribution in [0.25, 0.3) is 0 Å². The number of ether oxygens (including phenoxy) is 1. The van der Waals surface area contributed by atoms with Crippen LogP contribution in [0.2, 0.25) is 0 Å². The molecule has 1 fully saturated rings. The van der Waals surface area contributed by atoms with Crippen LogP contribution in [0.15, 0.2) is 16.4 Å². The maximum atomic E-state index is 12.0. The molecule has 1 amide bonds. The Labute approximate surface area is 154 Å². The summed E-state index contributed by atoms with van der Waals surface area (Å²) >= 11 is 0. The van der Waals surface area contributed by atoms with E-state index in [0.29, 0.717) is 0 Å². The van der Waals surface area contributed by atoms with Crippen LogP contribution in [0, 0.1) is 5.92 Å². The fourth-order valence-electron chi connectivity index (χ4n) is 2.87. The number of carboxylic acid groups (broad SMARTS) is 1. The Morgan fingerprint density at radius 3 is 2.48 bits per heavy atom. The van der Waals surface area contributed by atoms with E-state index in [2.05, 4.69) is 14.7 Å². The van der Waals surface area contributed by atoms with E-state index >= 15 is 0 Å². The number of aliphatic carboxylic acids is 1. The Bertz CT molecular complexity index is 599. The van der Waals surface area contributed by atoms with E-state index in [0.717, 1.165) is 12.0 Å². The Morgan fingerprint density at radius 1 is 1.43 bits per heavy atom. The van der Waals surface area contributed by atoms with Crippen molar-refractivity contribution in [3.05, 3.63) is 11.3 Å². The van der Waals surface area contributed by atoms with Crippen molar-refractivity contribution in [1.29, 1.82) is 0 Å². The van der Waals surface area contributed by atoms with Crippen molar-refractivity contribution in [2.45, 2.75) is 25.5 Å². The largest absolute Gasteiger partial charge is 1.00 e. The van der Waals surface area contributed by atoms with Gasteiger partial charge in [-0.25, -0.2) is 4.79 Å². The monoisotopic (exact) mass is 334 g/mol. The number of methoxy groups -OCH3 is 1. The summed E-state index contributed by atoms with van der Waals surface area (Å²) in [6.07, 6.45) is -0.890. The number of carbonyl (C=O) groups is 3. The van der Waals surface area contributed by atoms with Crippen molar-refractivity contribution < 1.29 is 63.7 Å². The van der Waals surface area contributed by atoms with E-state index in [4.69, 9.17) is 0 Å². The summed E-state index contributed by atoms with van der Waals surface area (Å²) in [5.41, 5.74) is -0.779. The number of carbonyl (C=O) groups excluding carboxylic acids is 3. The topological polar surface area (TPSA) is 129 Å². The number of hydrogen-bond acceptors (Lipinski definition) is 8. The number of oxime groups is 1. The van der Waals surface area contributed by atoms with Gasteiger partial charge in [0.1, 0.15) is 7.11 Å². The van der Waals surface area contributed by atoms with Gasteiger partial charge in [-0.3, -0.25) is 4.79 Å². The van der Waals surface area contributed by atoms with Crippen molar-refractivity contribution in [2.24, 2.45) is 11.1 Å². The molecule has 0 aromatic heterocycles. The van der Waals surface area contributed by atoms with E-state index < -0.39 is 41.6 Å². The molecule has 0 radical (unpaired) electrons. The summed E-state index contributed by atoms with van der Waals surface area (Å²) in [5.74, 6) is -3.76. The van der Waals surface area contributed by atoms with Crippen LogP contribution in [0.3, 0.4) is 0 Å². The predicted octanol–water partition coefficient (Wildman–Crippen LogP) is -5.22. The van der Waals surface area contributed by atoms with Gasteiger partial charge in [0.15, 0.2) is 5.71 Å². The zero-order chi connectivity index (χ0) is 16.6. The molecule has 3 atom stereocenters. The molecule has 2 heterocycles. The van der Waals surface area contributed by atoms with Crippen molar-refractivity contribution in [3.8, 4) is 0 Å². The quantitative estimate of drug-likeness (QED) is 0.175. The van der Waals surface area contributed by atoms with Crippen LogP contribution in [0.4, 0.5) is 0 Å². The molecule has 2 aliphatic heterocycles. The molecular weight excluding hydrogens is 319 g/mol. The first kappa shape index (κ1) is 19.6. The van der Waals surface area contributed by atoms with Gasteiger partial charge in [-0.1, -0.05) is 5.16 Å². The average Bonchev–Trinajstić information content (AvgIpc) is 2.78. The molecule has 0 aliphatic carbocycles. The van der Waals surface area contributed by atoms with Gasteiger partial charge in [-0.2, -0.15) is 0 Å². The van der Waals surface area contributed by atoms with Crippen LogP contribution in [0.5, 0.6) is 0 Å². The number of aliphatic hydroxyl groups excluding tert-OH is 1. The van der Waals surface area contributed by atoms with Gasteiger partial charge >= 0.3 is 35.5 Å². The molecule has 1 saturated heterocycles. The summed E-state index contributed by atoms with van der Waals surface area (Å²) in [7, 11) is 2.30. The second-order valence-corrected chi connectivity index (χ2v) is 4.97. The molecule has 1 N–H and O–H groups in total. The Morgan fingerprint density at radius 2 is 2.04 bits per heavy atom. The molecule has 23 heavy (non-hydrogen) atoms. The van der Waals surface area contributed by atoms with Crippen LogP contribution in [0.1, 0.15) is 13.3 Å². The maximum absolute atomic E-state index is 12.0. The maximum Gasteiger partial charge on any atom is 1.00 e. The normalized spacial score (nSPS) is 24.4. The minimum atomic E-state index is -1.61. The number of aliphatic hydroxyl groups is 1. The number of β-lactam (4-membered cyclic amide) rings is 1. The predicted molar refractivity (Wildman–Crippen MR) is 68.9 cm³/mol. The fourth-order valence-corrected chi connectivity index (χ4v) is 2.87. The van der Waals surface area contributed by atoms with Crippen molar-refractivity contribution >= 4 is 23.6 Å². The molecule has 0 aromatic carbocycles. The summed E-state index contributed by atoms with van der Waals surface area (Å²) < 4.78 is 4.55. The smallest absolute Gasteiger partial charge is 0.543 e. The second-order valence-electron chi connectivity index (χ2n) is 4.97. The molecule has 0 spiro atoms. The third-order valence-corrected chi connectivity index (χ3v) is 3.77. The van der Waals surface area contributed by atoms with Crippen molar-refractivity contribution in [1.82, 2.24) is 4.90 Å². The molecule has 9 nitrogen and oxygen atoms in total. The van der Waals surface area contributed by atoms with Crippen LogP contribution in [-0.4, -0.2) is 59.9 Å². The number of esters is 1. The number of carboxylic acids is 1. The molecule has 120 valence electrons. The minimum absolute atomic E-state index is 0. The van der Waals surface area contributed by atoms with Crippen molar-refractivity contribution in [2.75, 3.05) is 14.2 Å². The summed E-state index contributed by atoms with van der Waals surface area (Å²) in [4.78, 5) is 40.7. The van der Waals surface area contributed by atoms with Gasteiger partial charge in [-0.05, 0) is 13.3 Å². The third kappa shape index (κ3) is 3.14. The molecule has 2 aliphatic rings. The zero-order valence-corrected chi connectivity index (χ0v) is 15.2. The molecule has 0 unspecified atom stereocenters. The summed E-state index contributed by atoms with van der Waals surface area (Å²) in [6, 6.07) is -0.554. The van der Waals surface area contributed by atoms with E-state index in [-0.39, 0.29) is 47.3 Å². The molecular formula is C13H15N2NaO7. The molecule has 0 aromatic rings. The van der Waals surface area contributed by atoms with Crippen LogP contribution >= 0.6 is 0 Å². The van der Waals surface area contributed by atoms with Gasteiger partial charge in [0.25, 0.3) is 0 Å². The fraction of sp³-hybridized carbons (Fsp3) is 0.538. The van der Waals surface area contributed by atoms with Gasteiger partial charge in [0.2, 0.25) is 5.91 Å². The number of rotatable bonds is 5. The minimum Gasteiger partial charge on any atom is -0.543 e. The summed E-state index contributed by atoms with van der Waals surface area (Å²) in [5, 5.41) is 24.5. The number of fused-ring (bicyclic) bond motifs is 1. The van der Waals surface area contributed by atoms with E-state index in [9.17, 15) is 24.6 Å². The first-order chi connectivity index (χ1) is 10.3.